The van der Waals surface area contributed by atoms with Crippen LogP contribution in [0.15, 0.2) is 36.4 Å². The summed E-state index contributed by atoms with van der Waals surface area (Å²) in [6.45, 7) is 3.76. The predicted octanol–water partition coefficient (Wildman–Crippen LogP) is 4.00. The molecule has 26 heavy (non-hydrogen) atoms. The van der Waals surface area contributed by atoms with Crippen LogP contribution < -0.4 is 5.32 Å². The molecule has 1 atom stereocenters. The molecule has 1 aromatic carbocycles. The van der Waals surface area contributed by atoms with Crippen molar-refractivity contribution in [3.63, 3.8) is 0 Å². The van der Waals surface area contributed by atoms with Crippen LogP contribution in [0.2, 0.25) is 0 Å². The van der Waals surface area contributed by atoms with Crippen molar-refractivity contribution in [2.24, 2.45) is 0 Å². The highest BCUT2D eigenvalue weighted by atomic mass is 32.1. The number of halogens is 1. The zero-order valence-electron chi connectivity index (χ0n) is 14.2. The molecule has 2 aromatic heterocycles. The third-order valence-corrected chi connectivity index (χ3v) is 5.49. The van der Waals surface area contributed by atoms with Crippen LogP contribution in [0.3, 0.4) is 0 Å². The van der Waals surface area contributed by atoms with Gasteiger partial charge in [-0.15, -0.1) is 11.3 Å². The van der Waals surface area contributed by atoms with Gasteiger partial charge in [-0.05, 0) is 50.2 Å². The molecule has 3 aromatic rings. The largest absolute Gasteiger partial charge is 0.310 e. The molecule has 3 heterocycles. The van der Waals surface area contributed by atoms with Crippen LogP contribution in [0.1, 0.15) is 38.1 Å². The van der Waals surface area contributed by atoms with E-state index in [9.17, 15) is 14.0 Å². The van der Waals surface area contributed by atoms with Crippen LogP contribution in [0.4, 0.5) is 10.2 Å². The van der Waals surface area contributed by atoms with Crippen LogP contribution in [0.25, 0.3) is 5.69 Å². The number of ketones is 1. The maximum Gasteiger partial charge on any atom is 0.226 e. The first-order valence-corrected chi connectivity index (χ1v) is 9.01. The van der Waals surface area contributed by atoms with Crippen molar-refractivity contribution in [3.8, 4) is 5.69 Å². The highest BCUT2D eigenvalue weighted by Crippen LogP contribution is 2.39. The van der Waals surface area contributed by atoms with Crippen LogP contribution in [-0.4, -0.2) is 21.5 Å². The maximum absolute atomic E-state index is 13.2. The Labute approximate surface area is 153 Å². The van der Waals surface area contributed by atoms with E-state index in [1.165, 1.54) is 23.5 Å². The number of nitrogens with one attached hydrogen (secondary N) is 1. The van der Waals surface area contributed by atoms with Gasteiger partial charge in [0, 0.05) is 16.9 Å². The second-order valence-corrected chi connectivity index (χ2v) is 7.60. The van der Waals surface area contributed by atoms with Crippen molar-refractivity contribution < 1.29 is 14.0 Å². The lowest BCUT2D eigenvalue weighted by molar-refractivity contribution is -0.116. The molecule has 0 spiro atoms. The second kappa shape index (κ2) is 6.17. The lowest BCUT2D eigenvalue weighted by atomic mass is 9.87. The molecule has 0 saturated heterocycles. The summed E-state index contributed by atoms with van der Waals surface area (Å²) in [6, 6.07) is 9.54. The standard InChI is InChI=1S/C19H16FN3O2S/c1-10-3-8-15(26-10)18(25)14-9-16(24)21-19-17(14)11(2)22-23(19)13-6-4-12(20)5-7-13/h3-8,14H,9H2,1-2H3,(H,21,24). The number of Topliss-reactive ketones (excluding diaryl/α,β-unsaturated/α-hetero) is 1. The molecule has 4 rings (SSSR count). The van der Waals surface area contributed by atoms with E-state index in [1.54, 1.807) is 22.9 Å². The Morgan fingerprint density at radius 2 is 1.96 bits per heavy atom. The van der Waals surface area contributed by atoms with E-state index in [1.807, 2.05) is 19.9 Å². The van der Waals surface area contributed by atoms with Crippen molar-refractivity contribution in [2.45, 2.75) is 26.2 Å². The van der Waals surface area contributed by atoms with Gasteiger partial charge in [0.1, 0.15) is 11.6 Å². The number of thiophene rings is 1. The van der Waals surface area contributed by atoms with E-state index in [0.717, 1.165) is 10.4 Å². The van der Waals surface area contributed by atoms with Crippen LogP contribution in [0, 0.1) is 19.7 Å². The van der Waals surface area contributed by atoms with Crippen molar-refractivity contribution in [3.05, 3.63) is 63.2 Å². The number of benzene rings is 1. The van der Waals surface area contributed by atoms with Crippen molar-refractivity contribution >= 4 is 28.8 Å². The Morgan fingerprint density at radius 3 is 2.62 bits per heavy atom. The minimum atomic E-state index is -0.564. The van der Waals surface area contributed by atoms with Crippen molar-refractivity contribution in [2.75, 3.05) is 5.32 Å². The molecule has 132 valence electrons. The van der Waals surface area contributed by atoms with Crippen molar-refractivity contribution in [1.82, 2.24) is 9.78 Å². The summed E-state index contributed by atoms with van der Waals surface area (Å²) >= 11 is 1.43. The van der Waals surface area contributed by atoms with Crippen molar-refractivity contribution in [1.29, 1.82) is 0 Å². The van der Waals surface area contributed by atoms with Gasteiger partial charge < -0.3 is 5.32 Å². The average molecular weight is 369 g/mol. The lowest BCUT2D eigenvalue weighted by Gasteiger charge is -2.22. The fourth-order valence-corrected chi connectivity index (χ4v) is 4.14. The van der Waals surface area contributed by atoms with Crippen LogP contribution >= 0.6 is 11.3 Å². The van der Waals surface area contributed by atoms with Gasteiger partial charge in [-0.3, -0.25) is 9.59 Å². The highest BCUT2D eigenvalue weighted by Gasteiger charge is 2.36. The lowest BCUT2D eigenvalue weighted by Crippen LogP contribution is -2.28. The Kier molecular flexibility index (Phi) is 3.96. The molecular weight excluding hydrogens is 353 g/mol. The number of carbonyl (C=O) groups is 2. The molecule has 1 aliphatic heterocycles. The number of anilines is 1. The molecule has 5 nitrogen and oxygen atoms in total. The van der Waals surface area contributed by atoms with E-state index >= 15 is 0 Å². The topological polar surface area (TPSA) is 64.0 Å². The number of nitrogens with zero attached hydrogens (tertiary/aromatic N) is 2. The summed E-state index contributed by atoms with van der Waals surface area (Å²) in [4.78, 5) is 27.0. The minimum Gasteiger partial charge on any atom is -0.310 e. The van der Waals surface area contributed by atoms with E-state index in [-0.39, 0.29) is 23.9 Å². The normalized spacial score (nSPS) is 16.3. The maximum atomic E-state index is 13.2. The summed E-state index contributed by atoms with van der Waals surface area (Å²) < 4.78 is 14.8. The molecular formula is C19H16FN3O2S. The third-order valence-electron chi connectivity index (χ3n) is 4.47. The van der Waals surface area contributed by atoms with Gasteiger partial charge in [0.2, 0.25) is 5.91 Å². The molecule has 0 saturated carbocycles. The van der Waals surface area contributed by atoms with Gasteiger partial charge in [0.15, 0.2) is 5.78 Å². The highest BCUT2D eigenvalue weighted by molar-refractivity contribution is 7.14. The first kappa shape index (κ1) is 16.7. The zero-order chi connectivity index (χ0) is 18.4. The number of aryl methyl sites for hydroxylation is 2. The summed E-state index contributed by atoms with van der Waals surface area (Å²) in [7, 11) is 0. The Bertz CT molecular complexity index is 1020. The number of fused-ring (bicyclic) bond motifs is 1. The molecule has 1 aliphatic rings. The Morgan fingerprint density at radius 1 is 1.23 bits per heavy atom. The molecule has 1 amide bonds. The second-order valence-electron chi connectivity index (χ2n) is 6.32. The zero-order valence-corrected chi connectivity index (χ0v) is 15.1. The fourth-order valence-electron chi connectivity index (χ4n) is 3.28. The summed E-state index contributed by atoms with van der Waals surface area (Å²) in [5, 5.41) is 7.31. The van der Waals surface area contributed by atoms with Crippen LogP contribution in [0.5, 0.6) is 0 Å². The van der Waals surface area contributed by atoms with Gasteiger partial charge >= 0.3 is 0 Å². The van der Waals surface area contributed by atoms with Gasteiger partial charge in [-0.1, -0.05) is 0 Å². The summed E-state index contributed by atoms with van der Waals surface area (Å²) in [6.07, 6.45) is 0.0960. The number of carbonyl (C=O) groups excluding carboxylic acids is 2. The molecule has 7 heteroatoms. The van der Waals surface area contributed by atoms with E-state index in [0.29, 0.717) is 22.1 Å². The number of hydrogen-bond donors (Lipinski definition) is 1. The quantitative estimate of drug-likeness (QED) is 0.710. The number of amides is 1. The predicted molar refractivity (Wildman–Crippen MR) is 97.6 cm³/mol. The summed E-state index contributed by atoms with van der Waals surface area (Å²) in [5.41, 5.74) is 2.03. The Hall–Kier alpha value is -2.80. The van der Waals surface area contributed by atoms with E-state index in [2.05, 4.69) is 10.4 Å². The van der Waals surface area contributed by atoms with Gasteiger partial charge in [-0.25, -0.2) is 9.07 Å². The van der Waals surface area contributed by atoms with Crippen LogP contribution in [-0.2, 0) is 4.79 Å². The molecule has 0 radical (unpaired) electrons. The van der Waals surface area contributed by atoms with E-state index in [4.69, 9.17) is 0 Å². The van der Waals surface area contributed by atoms with Gasteiger partial charge in [0.25, 0.3) is 0 Å². The average Bonchev–Trinajstić information content (AvgIpc) is 3.18. The smallest absolute Gasteiger partial charge is 0.226 e. The number of rotatable bonds is 3. The summed E-state index contributed by atoms with van der Waals surface area (Å²) in [5.74, 6) is -0.729. The number of hydrogen-bond acceptors (Lipinski definition) is 4. The SMILES string of the molecule is Cc1ccc(C(=O)C2CC(=O)Nc3c2c(C)nn3-c2ccc(F)cc2)s1. The van der Waals surface area contributed by atoms with Gasteiger partial charge in [0.05, 0.1) is 22.2 Å². The Balaban J connectivity index is 1.82. The first-order valence-electron chi connectivity index (χ1n) is 8.20. The molecule has 0 bridgehead atoms. The molecule has 0 fully saturated rings. The minimum absolute atomic E-state index is 0.0686. The molecule has 1 N–H and O–H groups in total. The first-order chi connectivity index (χ1) is 12.4. The number of aromatic nitrogens is 2. The fraction of sp³-hybridized carbons (Fsp3) is 0.211. The molecule has 1 unspecified atom stereocenters. The van der Waals surface area contributed by atoms with E-state index < -0.39 is 5.92 Å². The monoisotopic (exact) mass is 369 g/mol. The van der Waals surface area contributed by atoms with Gasteiger partial charge in [-0.2, -0.15) is 5.10 Å². The third kappa shape index (κ3) is 2.74. The molecule has 0 aliphatic carbocycles.